The van der Waals surface area contributed by atoms with Gasteiger partial charge in [0.05, 0.1) is 6.54 Å². The van der Waals surface area contributed by atoms with Crippen molar-refractivity contribution in [3.05, 3.63) is 64.4 Å². The molecule has 138 valence electrons. The normalized spacial score (nSPS) is 15.1. The molecule has 6 heteroatoms. The fraction of sp³-hybridized carbons (Fsp3) is 0.350. The summed E-state index contributed by atoms with van der Waals surface area (Å²) in [6.45, 7) is 5.93. The van der Waals surface area contributed by atoms with E-state index in [4.69, 9.17) is 11.6 Å². The maximum Gasteiger partial charge on any atom is 0.234 e. The standard InChI is InChI=1S/C20H23ClFN3O/c1-15-6-7-17(21)12-19(15)25-10-8-24(9-11-25)14-20(26)23-13-16-4-2-3-5-18(16)22/h2-7,12H,8-11,13-14H2,1H3,(H,23,26). The maximum atomic E-state index is 13.6. The summed E-state index contributed by atoms with van der Waals surface area (Å²) in [5, 5.41) is 3.53. The van der Waals surface area contributed by atoms with Gasteiger partial charge in [-0.15, -0.1) is 0 Å². The van der Waals surface area contributed by atoms with Gasteiger partial charge in [-0.25, -0.2) is 4.39 Å². The van der Waals surface area contributed by atoms with Gasteiger partial charge in [0.1, 0.15) is 5.82 Å². The Bertz CT molecular complexity index is 775. The number of nitrogens with zero attached hydrogens (tertiary/aromatic N) is 2. The van der Waals surface area contributed by atoms with Crippen molar-refractivity contribution < 1.29 is 9.18 Å². The third kappa shape index (κ3) is 4.74. The molecule has 3 rings (SSSR count). The first-order valence-electron chi connectivity index (χ1n) is 8.76. The van der Waals surface area contributed by atoms with Gasteiger partial charge in [-0.2, -0.15) is 0 Å². The Balaban J connectivity index is 1.47. The molecular weight excluding hydrogens is 353 g/mol. The van der Waals surface area contributed by atoms with Gasteiger partial charge in [0.2, 0.25) is 5.91 Å². The van der Waals surface area contributed by atoms with Crippen LogP contribution in [0.2, 0.25) is 5.02 Å². The summed E-state index contributed by atoms with van der Waals surface area (Å²) >= 11 is 6.11. The first-order valence-corrected chi connectivity index (χ1v) is 9.14. The van der Waals surface area contributed by atoms with Crippen LogP contribution in [0, 0.1) is 12.7 Å². The lowest BCUT2D eigenvalue weighted by Crippen LogP contribution is -2.49. The van der Waals surface area contributed by atoms with Gasteiger partial charge in [0, 0.05) is 49.0 Å². The van der Waals surface area contributed by atoms with Crippen LogP contribution in [0.1, 0.15) is 11.1 Å². The molecule has 1 saturated heterocycles. The molecule has 2 aromatic carbocycles. The van der Waals surface area contributed by atoms with Gasteiger partial charge in [-0.3, -0.25) is 9.69 Å². The van der Waals surface area contributed by atoms with Crippen molar-refractivity contribution in [1.29, 1.82) is 0 Å². The second kappa shape index (κ2) is 8.52. The molecule has 1 N–H and O–H groups in total. The van der Waals surface area contributed by atoms with E-state index >= 15 is 0 Å². The van der Waals surface area contributed by atoms with Gasteiger partial charge >= 0.3 is 0 Å². The average molecular weight is 376 g/mol. The molecule has 0 atom stereocenters. The van der Waals surface area contributed by atoms with E-state index < -0.39 is 0 Å². The van der Waals surface area contributed by atoms with E-state index in [0.29, 0.717) is 12.1 Å². The topological polar surface area (TPSA) is 35.6 Å². The predicted molar refractivity (Wildman–Crippen MR) is 103 cm³/mol. The summed E-state index contributed by atoms with van der Waals surface area (Å²) < 4.78 is 13.6. The minimum Gasteiger partial charge on any atom is -0.369 e. The van der Waals surface area contributed by atoms with Crippen LogP contribution in [0.4, 0.5) is 10.1 Å². The minimum absolute atomic E-state index is 0.0827. The number of benzene rings is 2. The average Bonchev–Trinajstić information content (AvgIpc) is 2.64. The number of rotatable bonds is 5. The van der Waals surface area contributed by atoms with Gasteiger partial charge in [-0.05, 0) is 30.7 Å². The molecule has 2 aromatic rings. The molecule has 0 radical (unpaired) electrons. The Kier molecular flexibility index (Phi) is 6.12. The zero-order chi connectivity index (χ0) is 18.5. The quantitative estimate of drug-likeness (QED) is 0.871. The van der Waals surface area contributed by atoms with Crippen LogP contribution >= 0.6 is 11.6 Å². The zero-order valence-electron chi connectivity index (χ0n) is 14.8. The third-order valence-electron chi connectivity index (χ3n) is 4.69. The van der Waals surface area contributed by atoms with Crippen molar-refractivity contribution in [3.8, 4) is 0 Å². The summed E-state index contributed by atoms with van der Waals surface area (Å²) in [5.74, 6) is -0.376. The Morgan fingerprint density at radius 2 is 1.88 bits per heavy atom. The molecule has 4 nitrogen and oxygen atoms in total. The highest BCUT2D eigenvalue weighted by molar-refractivity contribution is 6.30. The van der Waals surface area contributed by atoms with Crippen LogP contribution in [0.3, 0.4) is 0 Å². The summed E-state index contributed by atoms with van der Waals surface area (Å²) in [4.78, 5) is 16.6. The molecule has 1 fully saturated rings. The van der Waals surface area contributed by atoms with E-state index in [1.807, 2.05) is 18.2 Å². The van der Waals surface area contributed by atoms with Crippen LogP contribution in [-0.4, -0.2) is 43.5 Å². The maximum absolute atomic E-state index is 13.6. The second-order valence-corrected chi connectivity index (χ2v) is 7.00. The van der Waals surface area contributed by atoms with Crippen LogP contribution < -0.4 is 10.2 Å². The number of carbonyl (C=O) groups is 1. The molecule has 0 unspecified atom stereocenters. The van der Waals surface area contributed by atoms with E-state index in [1.165, 1.54) is 11.6 Å². The Labute approximate surface area is 158 Å². The number of nitrogens with one attached hydrogen (secondary N) is 1. The largest absolute Gasteiger partial charge is 0.369 e. The molecule has 0 bridgehead atoms. The smallest absolute Gasteiger partial charge is 0.234 e. The molecule has 1 aliphatic rings. The molecule has 0 aromatic heterocycles. The SMILES string of the molecule is Cc1ccc(Cl)cc1N1CCN(CC(=O)NCc2ccccc2F)CC1. The number of carbonyl (C=O) groups excluding carboxylic acids is 1. The van der Waals surface area contributed by atoms with E-state index in [1.54, 1.807) is 18.2 Å². The number of amides is 1. The molecular formula is C20H23ClFN3O. The second-order valence-electron chi connectivity index (χ2n) is 6.56. The highest BCUT2D eigenvalue weighted by Gasteiger charge is 2.20. The first kappa shape index (κ1) is 18.7. The van der Waals surface area contributed by atoms with Crippen LogP contribution in [-0.2, 0) is 11.3 Å². The molecule has 1 heterocycles. The lowest BCUT2D eigenvalue weighted by atomic mass is 10.1. The molecule has 0 aliphatic carbocycles. The number of aryl methyl sites for hydroxylation is 1. The molecule has 0 spiro atoms. The number of hydrogen-bond donors (Lipinski definition) is 1. The lowest BCUT2D eigenvalue weighted by Gasteiger charge is -2.36. The van der Waals surface area contributed by atoms with Gasteiger partial charge in [0.15, 0.2) is 0 Å². The van der Waals surface area contributed by atoms with E-state index in [2.05, 4.69) is 22.0 Å². The van der Waals surface area contributed by atoms with Gasteiger partial charge < -0.3 is 10.2 Å². The Morgan fingerprint density at radius 3 is 2.62 bits per heavy atom. The highest BCUT2D eigenvalue weighted by Crippen LogP contribution is 2.25. The summed E-state index contributed by atoms with van der Waals surface area (Å²) in [6, 6.07) is 12.4. The number of piperazine rings is 1. The fourth-order valence-corrected chi connectivity index (χ4v) is 3.33. The van der Waals surface area contributed by atoms with Crippen LogP contribution in [0.15, 0.2) is 42.5 Å². The van der Waals surface area contributed by atoms with Crippen molar-refractivity contribution in [1.82, 2.24) is 10.2 Å². The Morgan fingerprint density at radius 1 is 1.15 bits per heavy atom. The first-order chi connectivity index (χ1) is 12.5. The third-order valence-corrected chi connectivity index (χ3v) is 4.92. The van der Waals surface area contributed by atoms with Crippen molar-refractivity contribution in [2.75, 3.05) is 37.6 Å². The van der Waals surface area contributed by atoms with Crippen molar-refractivity contribution in [2.24, 2.45) is 0 Å². The van der Waals surface area contributed by atoms with Crippen molar-refractivity contribution >= 4 is 23.2 Å². The van der Waals surface area contributed by atoms with E-state index in [-0.39, 0.29) is 18.3 Å². The Hall–Kier alpha value is -2.11. The fourth-order valence-electron chi connectivity index (χ4n) is 3.16. The van der Waals surface area contributed by atoms with Crippen molar-refractivity contribution in [3.63, 3.8) is 0 Å². The van der Waals surface area contributed by atoms with Gasteiger partial charge in [0.25, 0.3) is 0 Å². The molecule has 1 aliphatic heterocycles. The molecule has 0 saturated carbocycles. The zero-order valence-corrected chi connectivity index (χ0v) is 15.6. The van der Waals surface area contributed by atoms with E-state index in [9.17, 15) is 9.18 Å². The number of hydrogen-bond acceptors (Lipinski definition) is 3. The molecule has 1 amide bonds. The van der Waals surface area contributed by atoms with Gasteiger partial charge in [-0.1, -0.05) is 35.9 Å². The molecule has 26 heavy (non-hydrogen) atoms. The highest BCUT2D eigenvalue weighted by atomic mass is 35.5. The summed E-state index contributed by atoms with van der Waals surface area (Å²) in [7, 11) is 0. The number of halogens is 2. The summed E-state index contributed by atoms with van der Waals surface area (Å²) in [6.07, 6.45) is 0. The summed E-state index contributed by atoms with van der Waals surface area (Å²) in [5.41, 5.74) is 2.86. The lowest BCUT2D eigenvalue weighted by molar-refractivity contribution is -0.122. The van der Waals surface area contributed by atoms with Crippen LogP contribution in [0.25, 0.3) is 0 Å². The van der Waals surface area contributed by atoms with Crippen molar-refractivity contribution in [2.45, 2.75) is 13.5 Å². The number of anilines is 1. The predicted octanol–water partition coefficient (Wildman–Crippen LogP) is 3.23. The minimum atomic E-state index is -0.293. The monoisotopic (exact) mass is 375 g/mol. The van der Waals surface area contributed by atoms with E-state index in [0.717, 1.165) is 36.9 Å². The van der Waals surface area contributed by atoms with Crippen LogP contribution in [0.5, 0.6) is 0 Å².